The molecule has 0 saturated heterocycles. The Bertz CT molecular complexity index is 1500. The summed E-state index contributed by atoms with van der Waals surface area (Å²) in [7, 11) is 1.41. The number of imidazole rings is 1. The number of hydrogen-bond donors (Lipinski definition) is 2. The van der Waals surface area contributed by atoms with E-state index in [1.807, 2.05) is 5.43 Å². The van der Waals surface area contributed by atoms with Crippen molar-refractivity contribution in [3.8, 4) is 11.5 Å². The van der Waals surface area contributed by atoms with Crippen molar-refractivity contribution in [2.45, 2.75) is 25.3 Å². The number of benzene rings is 2. The summed E-state index contributed by atoms with van der Waals surface area (Å²) in [6, 6.07) is 10.4. The molecule has 2 N–H and O–H groups in total. The molecule has 0 aliphatic carbocycles. The van der Waals surface area contributed by atoms with E-state index in [4.69, 9.17) is 9.47 Å². The number of carboxylic acid groups (broad SMARTS) is 1. The third-order valence-electron chi connectivity index (χ3n) is 5.46. The summed E-state index contributed by atoms with van der Waals surface area (Å²) in [4.78, 5) is 19.6. The minimum atomic E-state index is -5.70. The van der Waals surface area contributed by atoms with E-state index in [2.05, 4.69) is 38.0 Å². The number of anilines is 1. The van der Waals surface area contributed by atoms with E-state index in [0.717, 1.165) is 15.7 Å². The molecule has 0 bridgehead atoms. The minimum absolute atomic E-state index is 0.120. The third kappa shape index (κ3) is 6.23. The number of aromatic nitrogens is 3. The first kappa shape index (κ1) is 28.1. The average molecular weight is 662 g/mol. The Morgan fingerprint density at radius 3 is 2.38 bits per heavy atom. The molecular formula is C24H18F5IN5O4-. The van der Waals surface area contributed by atoms with Crippen LogP contribution in [0.15, 0.2) is 54.7 Å². The largest absolute Gasteiger partial charge is 0.529 e. The summed E-state index contributed by atoms with van der Waals surface area (Å²) in [5.74, 6) is -4.17. The molecule has 15 heteroatoms. The van der Waals surface area contributed by atoms with Crippen LogP contribution in [-0.2, 0) is 19.1 Å². The van der Waals surface area contributed by atoms with Gasteiger partial charge in [0, 0.05) is 15.3 Å². The first-order valence-electron chi connectivity index (χ1n) is 11.0. The molecule has 0 radical (unpaired) electrons. The van der Waals surface area contributed by atoms with Gasteiger partial charge < -0.3 is 19.4 Å². The predicted molar refractivity (Wildman–Crippen MR) is 135 cm³/mol. The molecule has 4 rings (SSSR count). The summed E-state index contributed by atoms with van der Waals surface area (Å²) < 4.78 is 78.3. The fourth-order valence-electron chi connectivity index (χ4n) is 3.59. The molecule has 206 valence electrons. The van der Waals surface area contributed by atoms with Crippen molar-refractivity contribution in [3.05, 3.63) is 75.0 Å². The highest BCUT2D eigenvalue weighted by Crippen LogP contribution is 2.43. The lowest BCUT2D eigenvalue weighted by Gasteiger charge is -2.20. The molecule has 0 unspecified atom stereocenters. The number of nitrogens with zero attached hydrogens (tertiary/aromatic N) is 3. The van der Waals surface area contributed by atoms with E-state index in [1.54, 1.807) is 35.0 Å². The standard InChI is InChI=1S/C24H19F5IN5O4/c1-38-19-8-14(11-35-20-17(9-16(30)10-31-20)32-21(35)33-34-22(36)37)4-7-18(19)39-12-13-2-5-15(6-3-13)23(25,26)24(27,28)29/h2-10,34H,11-12H2,1H3,(H,32,33)(H,36,37)/p-1. The maximum Gasteiger partial charge on any atom is 0.458 e. The van der Waals surface area contributed by atoms with Gasteiger partial charge in [0.2, 0.25) is 5.95 Å². The second-order valence-electron chi connectivity index (χ2n) is 8.10. The first-order chi connectivity index (χ1) is 18.4. The average Bonchev–Trinajstić information content (AvgIpc) is 3.22. The van der Waals surface area contributed by atoms with Gasteiger partial charge in [-0.1, -0.05) is 30.3 Å². The van der Waals surface area contributed by atoms with Crippen molar-refractivity contribution < 1.29 is 41.3 Å². The summed E-state index contributed by atoms with van der Waals surface area (Å²) in [5, 5.41) is 10.8. The SMILES string of the molecule is COc1cc(Cn2c(NNC(=O)[O-])nc3cc(I)cnc32)ccc1OCc1ccc(C(F)(F)C(F)(F)F)cc1. The maximum absolute atomic E-state index is 13.5. The van der Waals surface area contributed by atoms with E-state index in [0.29, 0.717) is 45.9 Å². The number of methoxy groups -OCH3 is 1. The van der Waals surface area contributed by atoms with Crippen LogP contribution in [0.25, 0.3) is 11.2 Å². The summed E-state index contributed by atoms with van der Waals surface area (Å²) in [6.45, 7) is 0.0813. The second kappa shape index (κ2) is 11.1. The zero-order chi connectivity index (χ0) is 28.4. The molecular weight excluding hydrogens is 644 g/mol. The lowest BCUT2D eigenvalue weighted by molar-refractivity contribution is -0.289. The molecule has 0 fully saturated rings. The van der Waals surface area contributed by atoms with E-state index < -0.39 is 23.8 Å². The molecule has 1 amide bonds. The molecule has 2 aromatic carbocycles. The molecule has 4 aromatic rings. The second-order valence-corrected chi connectivity index (χ2v) is 9.34. The first-order valence-corrected chi connectivity index (χ1v) is 12.1. The lowest BCUT2D eigenvalue weighted by Crippen LogP contribution is -2.40. The van der Waals surface area contributed by atoms with Gasteiger partial charge in [0.05, 0.1) is 13.7 Å². The molecule has 0 saturated carbocycles. The van der Waals surface area contributed by atoms with E-state index in [1.165, 1.54) is 7.11 Å². The number of hydrogen-bond acceptors (Lipinski definition) is 7. The van der Waals surface area contributed by atoms with Crippen molar-refractivity contribution in [2.75, 3.05) is 12.5 Å². The van der Waals surface area contributed by atoms with Gasteiger partial charge in [0.25, 0.3) is 0 Å². The smallest absolute Gasteiger partial charge is 0.458 e. The predicted octanol–water partition coefficient (Wildman–Crippen LogP) is 4.59. The Hall–Kier alpha value is -3.89. The maximum atomic E-state index is 13.5. The van der Waals surface area contributed by atoms with Gasteiger partial charge in [-0.15, -0.1) is 0 Å². The molecule has 9 nitrogen and oxygen atoms in total. The van der Waals surface area contributed by atoms with Crippen LogP contribution in [-0.4, -0.2) is 33.9 Å². The summed E-state index contributed by atoms with van der Waals surface area (Å²) >= 11 is 2.08. The number of nitrogens with one attached hydrogen (secondary N) is 2. The highest BCUT2D eigenvalue weighted by molar-refractivity contribution is 14.1. The third-order valence-corrected chi connectivity index (χ3v) is 6.05. The van der Waals surface area contributed by atoms with Gasteiger partial charge in [-0.25, -0.2) is 9.97 Å². The number of carbonyl (C=O) groups is 1. The normalized spacial score (nSPS) is 11.9. The number of alkyl halides is 5. The van der Waals surface area contributed by atoms with E-state index in [-0.39, 0.29) is 19.1 Å². The van der Waals surface area contributed by atoms with Crippen molar-refractivity contribution >= 4 is 45.8 Å². The van der Waals surface area contributed by atoms with Crippen LogP contribution < -0.4 is 25.4 Å². The molecule has 39 heavy (non-hydrogen) atoms. The van der Waals surface area contributed by atoms with Crippen molar-refractivity contribution in [1.29, 1.82) is 0 Å². The van der Waals surface area contributed by atoms with E-state index in [9.17, 15) is 31.9 Å². The highest BCUT2D eigenvalue weighted by Gasteiger charge is 2.58. The van der Waals surface area contributed by atoms with Crippen molar-refractivity contribution in [2.24, 2.45) is 0 Å². The van der Waals surface area contributed by atoms with Crippen molar-refractivity contribution in [1.82, 2.24) is 20.0 Å². The summed E-state index contributed by atoms with van der Waals surface area (Å²) in [5.41, 5.74) is 5.33. The fraction of sp³-hybridized carbons (Fsp3) is 0.208. The fourth-order valence-corrected chi connectivity index (χ4v) is 4.02. The van der Waals surface area contributed by atoms with Crippen LogP contribution in [0.5, 0.6) is 11.5 Å². The minimum Gasteiger partial charge on any atom is -0.529 e. The number of carbonyl (C=O) groups excluding carboxylic acids is 1. The Balaban J connectivity index is 1.52. The number of hydrazine groups is 1. The van der Waals surface area contributed by atoms with Crippen LogP contribution in [0.1, 0.15) is 16.7 Å². The molecule has 2 aromatic heterocycles. The van der Waals surface area contributed by atoms with Gasteiger partial charge in [-0.2, -0.15) is 22.0 Å². The summed E-state index contributed by atoms with van der Waals surface area (Å²) in [6.07, 6.45) is -5.62. The van der Waals surface area contributed by atoms with Gasteiger partial charge in [-0.05, 0) is 51.9 Å². The number of fused-ring (bicyclic) bond motifs is 1. The zero-order valence-electron chi connectivity index (χ0n) is 19.9. The van der Waals surface area contributed by atoms with Crippen LogP contribution >= 0.6 is 22.6 Å². The molecule has 0 aliphatic rings. The monoisotopic (exact) mass is 662 g/mol. The number of halogens is 6. The Kier molecular flexibility index (Phi) is 7.99. The van der Waals surface area contributed by atoms with Crippen LogP contribution in [0, 0.1) is 3.57 Å². The lowest BCUT2D eigenvalue weighted by atomic mass is 10.1. The van der Waals surface area contributed by atoms with Crippen LogP contribution in [0.3, 0.4) is 0 Å². The quantitative estimate of drug-likeness (QED) is 0.153. The molecule has 2 heterocycles. The van der Waals surface area contributed by atoms with Gasteiger partial charge in [-0.3, -0.25) is 15.4 Å². The number of pyridine rings is 1. The number of amides is 1. The topological polar surface area (TPSA) is 113 Å². The highest BCUT2D eigenvalue weighted by atomic mass is 127. The number of rotatable bonds is 9. The molecule has 0 aliphatic heterocycles. The molecule has 0 atom stereocenters. The van der Waals surface area contributed by atoms with Gasteiger partial charge >= 0.3 is 12.1 Å². The van der Waals surface area contributed by atoms with Crippen LogP contribution in [0.4, 0.5) is 32.7 Å². The Labute approximate surface area is 231 Å². The number of ether oxygens (including phenoxy) is 2. The van der Waals surface area contributed by atoms with Gasteiger partial charge in [0.15, 0.2) is 23.2 Å². The van der Waals surface area contributed by atoms with E-state index >= 15 is 0 Å². The Morgan fingerprint density at radius 1 is 1.05 bits per heavy atom. The Morgan fingerprint density at radius 2 is 1.74 bits per heavy atom. The zero-order valence-corrected chi connectivity index (χ0v) is 22.0. The van der Waals surface area contributed by atoms with Crippen molar-refractivity contribution in [3.63, 3.8) is 0 Å². The van der Waals surface area contributed by atoms with Crippen LogP contribution in [0.2, 0.25) is 0 Å². The molecule has 0 spiro atoms. The van der Waals surface area contributed by atoms with Gasteiger partial charge in [0.1, 0.15) is 12.1 Å².